The summed E-state index contributed by atoms with van der Waals surface area (Å²) in [6.07, 6.45) is 9.32. The Hall–Kier alpha value is -3.23. The van der Waals surface area contributed by atoms with E-state index in [0.717, 1.165) is 69.6 Å². The third-order valence-electron chi connectivity index (χ3n) is 10.5. The molecule has 3 aromatic rings. The number of carbonyl (C=O) groups is 1. The van der Waals surface area contributed by atoms with Crippen LogP contribution in [0.15, 0.2) is 54.7 Å². The third kappa shape index (κ3) is 7.49. The van der Waals surface area contributed by atoms with Gasteiger partial charge in [-0.2, -0.15) is 5.10 Å². The van der Waals surface area contributed by atoms with Crippen molar-refractivity contribution in [2.75, 3.05) is 32.7 Å². The van der Waals surface area contributed by atoms with Crippen LogP contribution < -0.4 is 4.74 Å². The van der Waals surface area contributed by atoms with Crippen LogP contribution in [0.4, 0.5) is 4.39 Å². The number of likely N-dealkylation sites (tertiary alicyclic amines) is 2. The van der Waals surface area contributed by atoms with Crippen molar-refractivity contribution < 1.29 is 19.0 Å². The minimum atomic E-state index is -0.783. The minimum Gasteiger partial charge on any atom is -0.490 e. The number of hydrogen-bond donors (Lipinski definition) is 1. The Balaban J connectivity index is 1.09. The quantitative estimate of drug-likeness (QED) is 0.247. The van der Waals surface area contributed by atoms with E-state index in [0.29, 0.717) is 25.1 Å². The molecule has 0 bridgehead atoms. The molecule has 0 spiro atoms. The summed E-state index contributed by atoms with van der Waals surface area (Å²) in [4.78, 5) is 17.1. The van der Waals surface area contributed by atoms with Crippen LogP contribution in [0.2, 0.25) is 0 Å². The zero-order valence-electron chi connectivity index (χ0n) is 28.0. The fraction of sp³-hybridized carbons (Fsp3) is 0.579. The summed E-state index contributed by atoms with van der Waals surface area (Å²) in [6, 6.07) is 14.8. The van der Waals surface area contributed by atoms with Crippen LogP contribution in [0.25, 0.3) is 0 Å². The van der Waals surface area contributed by atoms with Gasteiger partial charge in [0.15, 0.2) is 0 Å². The average molecular weight is 631 g/mol. The first kappa shape index (κ1) is 32.7. The van der Waals surface area contributed by atoms with Crippen molar-refractivity contribution in [1.29, 1.82) is 0 Å². The summed E-state index contributed by atoms with van der Waals surface area (Å²) in [5, 5.41) is 15.2. The fourth-order valence-electron chi connectivity index (χ4n) is 7.96. The lowest BCUT2D eigenvalue weighted by atomic mass is 9.85. The van der Waals surface area contributed by atoms with Gasteiger partial charge in [-0.3, -0.25) is 14.4 Å². The van der Waals surface area contributed by atoms with Gasteiger partial charge in [-0.25, -0.2) is 4.39 Å². The van der Waals surface area contributed by atoms with Gasteiger partial charge in [0.25, 0.3) is 0 Å². The van der Waals surface area contributed by atoms with E-state index in [1.54, 1.807) is 12.1 Å². The molecule has 6 rings (SSSR count). The number of halogens is 1. The van der Waals surface area contributed by atoms with E-state index in [1.165, 1.54) is 29.3 Å². The second-order valence-electron chi connectivity index (χ2n) is 15.0. The van der Waals surface area contributed by atoms with Gasteiger partial charge in [0.2, 0.25) is 0 Å². The molecule has 1 aromatic heterocycles. The normalized spacial score (nSPS) is 22.5. The standard InChI is InChI=1S/C38H51FN4O3/c1-5-35-34(25-43(40-35)21-26-12-14-32(15-13-26)46-31-10-7-11-31)27-16-18-41(19-17-27)22-29-23-42(36(37(44)45)38(2,3)4)24-33(29)28-8-6-9-30(39)20-28/h6,8-9,12-15,20,25,27,29,31,33,36H,5,7,10-11,16-19,21-24H2,1-4H3,(H,44,45)/t29-,33+,36-/m0/s1. The number of benzene rings is 2. The molecular formula is C38H51FN4O3. The first-order chi connectivity index (χ1) is 22.1. The van der Waals surface area contributed by atoms with Crippen LogP contribution in [-0.2, 0) is 17.8 Å². The molecule has 248 valence electrons. The number of rotatable bonds is 11. The molecular weight excluding hydrogens is 579 g/mol. The number of ether oxygens (including phenoxy) is 1. The average Bonchev–Trinajstić information content (AvgIpc) is 3.59. The monoisotopic (exact) mass is 630 g/mol. The van der Waals surface area contributed by atoms with Crippen LogP contribution in [0.3, 0.4) is 0 Å². The van der Waals surface area contributed by atoms with E-state index in [4.69, 9.17) is 9.84 Å². The van der Waals surface area contributed by atoms with Crippen LogP contribution in [-0.4, -0.2) is 75.5 Å². The van der Waals surface area contributed by atoms with Gasteiger partial charge < -0.3 is 14.7 Å². The molecule has 3 aliphatic rings. The van der Waals surface area contributed by atoms with E-state index in [2.05, 4.69) is 51.9 Å². The van der Waals surface area contributed by atoms with E-state index in [1.807, 2.05) is 26.8 Å². The Bertz CT molecular complexity index is 1470. The number of hydrogen-bond acceptors (Lipinski definition) is 5. The minimum absolute atomic E-state index is 0.0985. The highest BCUT2D eigenvalue weighted by molar-refractivity contribution is 5.74. The Morgan fingerprint density at radius 1 is 1.07 bits per heavy atom. The van der Waals surface area contributed by atoms with Crippen LogP contribution in [0.5, 0.6) is 5.75 Å². The maximum atomic E-state index is 14.3. The smallest absolute Gasteiger partial charge is 0.321 e. The van der Waals surface area contributed by atoms with Gasteiger partial charge in [-0.05, 0) is 110 Å². The highest BCUT2D eigenvalue weighted by Crippen LogP contribution is 2.39. The molecule has 2 aromatic carbocycles. The number of piperidine rings is 1. The molecule has 7 nitrogen and oxygen atoms in total. The Kier molecular flexibility index (Phi) is 9.85. The molecule has 0 unspecified atom stereocenters. The molecule has 0 amide bonds. The molecule has 3 atom stereocenters. The summed E-state index contributed by atoms with van der Waals surface area (Å²) >= 11 is 0. The van der Waals surface area contributed by atoms with Crippen molar-refractivity contribution in [3.05, 3.63) is 82.9 Å². The summed E-state index contributed by atoms with van der Waals surface area (Å²) in [5.74, 6) is 0.759. The third-order valence-corrected chi connectivity index (χ3v) is 10.5. The largest absolute Gasteiger partial charge is 0.490 e. The number of carboxylic acid groups (broad SMARTS) is 1. The van der Waals surface area contributed by atoms with E-state index in [-0.39, 0.29) is 17.7 Å². The Morgan fingerprint density at radius 2 is 1.80 bits per heavy atom. The Morgan fingerprint density at radius 3 is 2.41 bits per heavy atom. The highest BCUT2D eigenvalue weighted by atomic mass is 19.1. The summed E-state index contributed by atoms with van der Waals surface area (Å²) in [5.41, 5.74) is 4.37. The lowest BCUT2D eigenvalue weighted by molar-refractivity contribution is -0.147. The van der Waals surface area contributed by atoms with Gasteiger partial charge >= 0.3 is 5.97 Å². The predicted molar refractivity (Wildman–Crippen MR) is 179 cm³/mol. The molecule has 8 heteroatoms. The van der Waals surface area contributed by atoms with Gasteiger partial charge in [0.05, 0.1) is 18.3 Å². The zero-order chi connectivity index (χ0) is 32.4. The maximum Gasteiger partial charge on any atom is 0.321 e. The van der Waals surface area contributed by atoms with E-state index in [9.17, 15) is 14.3 Å². The van der Waals surface area contributed by atoms with Crippen molar-refractivity contribution in [3.8, 4) is 5.75 Å². The number of aryl methyl sites for hydroxylation is 1. The summed E-state index contributed by atoms with van der Waals surface area (Å²) < 4.78 is 22.4. The molecule has 2 saturated heterocycles. The maximum absolute atomic E-state index is 14.3. The van der Waals surface area contributed by atoms with Crippen LogP contribution >= 0.6 is 0 Å². The SMILES string of the molecule is CCc1nn(Cc2ccc(OC3CCC3)cc2)cc1C1CCN(C[C@H]2CN([C@@H](C(=O)O)C(C)(C)C)C[C@@H]2c2cccc(F)c2)CC1. The number of aromatic nitrogens is 2. The molecule has 1 aliphatic carbocycles. The van der Waals surface area contributed by atoms with Crippen molar-refractivity contribution in [2.24, 2.45) is 11.3 Å². The van der Waals surface area contributed by atoms with Crippen molar-refractivity contribution in [1.82, 2.24) is 19.6 Å². The van der Waals surface area contributed by atoms with Crippen molar-refractivity contribution >= 4 is 5.97 Å². The Labute approximate surface area is 273 Å². The molecule has 0 radical (unpaired) electrons. The molecule has 1 saturated carbocycles. The number of carboxylic acids is 1. The fourth-order valence-corrected chi connectivity index (χ4v) is 7.96. The summed E-state index contributed by atoms with van der Waals surface area (Å²) in [6.45, 7) is 13.1. The lowest BCUT2D eigenvalue weighted by Crippen LogP contribution is -2.48. The molecule has 1 N–H and O–H groups in total. The molecule has 3 fully saturated rings. The highest BCUT2D eigenvalue weighted by Gasteiger charge is 2.44. The van der Waals surface area contributed by atoms with E-state index < -0.39 is 17.4 Å². The van der Waals surface area contributed by atoms with Crippen LogP contribution in [0, 0.1) is 17.2 Å². The lowest BCUT2D eigenvalue weighted by Gasteiger charge is -2.36. The van der Waals surface area contributed by atoms with Gasteiger partial charge in [-0.1, -0.05) is 52.0 Å². The topological polar surface area (TPSA) is 70.8 Å². The second kappa shape index (κ2) is 13.9. The van der Waals surface area contributed by atoms with Crippen molar-refractivity contribution in [2.45, 2.75) is 96.7 Å². The van der Waals surface area contributed by atoms with Gasteiger partial charge in [0, 0.05) is 31.7 Å². The van der Waals surface area contributed by atoms with Gasteiger partial charge in [0.1, 0.15) is 17.6 Å². The molecule has 3 heterocycles. The second-order valence-corrected chi connectivity index (χ2v) is 15.0. The molecule has 2 aliphatic heterocycles. The first-order valence-corrected chi connectivity index (χ1v) is 17.3. The zero-order valence-corrected chi connectivity index (χ0v) is 28.0. The van der Waals surface area contributed by atoms with Crippen LogP contribution in [0.1, 0.15) is 94.0 Å². The molecule has 46 heavy (non-hydrogen) atoms. The van der Waals surface area contributed by atoms with Gasteiger partial charge in [-0.15, -0.1) is 0 Å². The number of nitrogens with zero attached hydrogens (tertiary/aromatic N) is 4. The summed E-state index contributed by atoms with van der Waals surface area (Å²) in [7, 11) is 0. The van der Waals surface area contributed by atoms with E-state index >= 15 is 0 Å². The predicted octanol–water partition coefficient (Wildman–Crippen LogP) is 6.96. The van der Waals surface area contributed by atoms with Crippen molar-refractivity contribution in [3.63, 3.8) is 0 Å². The number of aliphatic carboxylic acids is 1. The first-order valence-electron chi connectivity index (χ1n) is 17.3.